The van der Waals surface area contributed by atoms with E-state index in [1.807, 2.05) is 18.5 Å². The number of rotatable bonds is 3. The van der Waals surface area contributed by atoms with Gasteiger partial charge in [-0.05, 0) is 6.92 Å². The minimum absolute atomic E-state index is 0.0892. The molecular weight excluding hydrogens is 240 g/mol. The Labute approximate surface area is 107 Å². The number of aromatic nitrogens is 2. The fraction of sp³-hybridized carbons (Fsp3) is 0.727. The Morgan fingerprint density at radius 3 is 2.59 bits per heavy atom. The van der Waals surface area contributed by atoms with Gasteiger partial charge in [-0.3, -0.25) is 4.90 Å². The number of ether oxygens (including phenoxy) is 1. The van der Waals surface area contributed by atoms with Crippen molar-refractivity contribution >= 4 is 11.6 Å². The summed E-state index contributed by atoms with van der Waals surface area (Å²) in [6.07, 6.45) is 0. The topological polar surface area (TPSA) is 56.3 Å². The highest BCUT2D eigenvalue weighted by atomic mass is 35.5. The van der Waals surface area contributed by atoms with E-state index in [1.54, 1.807) is 0 Å². The highest BCUT2D eigenvalue weighted by Crippen LogP contribution is 2.27. The van der Waals surface area contributed by atoms with E-state index in [0.29, 0.717) is 11.7 Å². The van der Waals surface area contributed by atoms with Crippen LogP contribution in [0.3, 0.4) is 0 Å². The highest BCUT2D eigenvalue weighted by molar-refractivity contribution is 6.30. The molecule has 6 heteroatoms. The van der Waals surface area contributed by atoms with Crippen molar-refractivity contribution in [1.82, 2.24) is 14.5 Å². The van der Waals surface area contributed by atoms with Crippen LogP contribution in [0.25, 0.3) is 0 Å². The molecule has 1 aromatic rings. The molecule has 1 atom stereocenters. The molecule has 0 radical (unpaired) electrons. The van der Waals surface area contributed by atoms with E-state index in [1.165, 1.54) is 0 Å². The van der Waals surface area contributed by atoms with Crippen LogP contribution in [-0.2, 0) is 11.8 Å². The predicted octanol–water partition coefficient (Wildman–Crippen LogP) is 0.714. The largest absolute Gasteiger partial charge is 0.379 e. The molecule has 17 heavy (non-hydrogen) atoms. The summed E-state index contributed by atoms with van der Waals surface area (Å²) in [6.45, 7) is 5.74. The van der Waals surface area contributed by atoms with Crippen molar-refractivity contribution < 1.29 is 4.74 Å². The standard InChI is InChI=1S/C11H19ClN4O/c1-8-14-10(11(12)15(8)2)9(7-13)16-3-5-17-6-4-16/h9H,3-7,13H2,1-2H3. The Hall–Kier alpha value is -0.620. The van der Waals surface area contributed by atoms with Gasteiger partial charge in [0.1, 0.15) is 11.0 Å². The molecule has 96 valence electrons. The van der Waals surface area contributed by atoms with E-state index in [9.17, 15) is 0 Å². The van der Waals surface area contributed by atoms with Crippen LogP contribution in [-0.4, -0.2) is 47.3 Å². The summed E-state index contributed by atoms with van der Waals surface area (Å²) in [7, 11) is 1.92. The first-order valence-electron chi connectivity index (χ1n) is 5.85. The van der Waals surface area contributed by atoms with Crippen LogP contribution in [0.2, 0.25) is 5.15 Å². The summed E-state index contributed by atoms with van der Waals surface area (Å²) in [5.41, 5.74) is 6.76. The van der Waals surface area contributed by atoms with Gasteiger partial charge in [0.15, 0.2) is 0 Å². The molecule has 2 rings (SSSR count). The zero-order chi connectivity index (χ0) is 12.4. The van der Waals surface area contributed by atoms with Crippen molar-refractivity contribution in [2.45, 2.75) is 13.0 Å². The first kappa shape index (κ1) is 12.8. The SMILES string of the molecule is Cc1nc(C(CN)N2CCOCC2)c(Cl)n1C. The van der Waals surface area contributed by atoms with Crippen molar-refractivity contribution in [3.8, 4) is 0 Å². The fourth-order valence-electron chi connectivity index (χ4n) is 2.14. The van der Waals surface area contributed by atoms with Crippen LogP contribution < -0.4 is 5.73 Å². The van der Waals surface area contributed by atoms with Crippen LogP contribution >= 0.6 is 11.6 Å². The van der Waals surface area contributed by atoms with E-state index in [0.717, 1.165) is 37.8 Å². The molecule has 5 nitrogen and oxygen atoms in total. The number of hydrogen-bond acceptors (Lipinski definition) is 4. The monoisotopic (exact) mass is 258 g/mol. The van der Waals surface area contributed by atoms with E-state index in [2.05, 4.69) is 9.88 Å². The van der Waals surface area contributed by atoms with Crippen molar-refractivity contribution in [2.24, 2.45) is 12.8 Å². The van der Waals surface area contributed by atoms with Crippen molar-refractivity contribution in [1.29, 1.82) is 0 Å². The predicted molar refractivity (Wildman–Crippen MR) is 67.1 cm³/mol. The first-order chi connectivity index (χ1) is 8.15. The Bertz CT molecular complexity index is 387. The number of nitrogens with two attached hydrogens (primary N) is 1. The molecule has 0 saturated carbocycles. The molecule has 1 saturated heterocycles. The molecule has 1 aromatic heterocycles. The van der Waals surface area contributed by atoms with E-state index in [4.69, 9.17) is 22.1 Å². The molecule has 0 bridgehead atoms. The minimum atomic E-state index is 0.0892. The maximum Gasteiger partial charge on any atom is 0.133 e. The number of nitrogens with zero attached hydrogens (tertiary/aromatic N) is 3. The zero-order valence-electron chi connectivity index (χ0n) is 10.3. The van der Waals surface area contributed by atoms with E-state index < -0.39 is 0 Å². The average molecular weight is 259 g/mol. The van der Waals surface area contributed by atoms with Gasteiger partial charge in [-0.25, -0.2) is 4.98 Å². The van der Waals surface area contributed by atoms with Gasteiger partial charge in [0.25, 0.3) is 0 Å². The van der Waals surface area contributed by atoms with E-state index >= 15 is 0 Å². The number of halogens is 1. The molecule has 2 N–H and O–H groups in total. The number of morpholine rings is 1. The lowest BCUT2D eigenvalue weighted by Crippen LogP contribution is -2.42. The van der Waals surface area contributed by atoms with Gasteiger partial charge in [0, 0.05) is 26.7 Å². The molecule has 1 aliphatic heterocycles. The van der Waals surface area contributed by atoms with Gasteiger partial charge in [0.05, 0.1) is 24.9 Å². The highest BCUT2D eigenvalue weighted by Gasteiger charge is 2.26. The fourth-order valence-corrected chi connectivity index (χ4v) is 2.43. The summed E-state index contributed by atoms with van der Waals surface area (Å²) >= 11 is 6.29. The third kappa shape index (κ3) is 2.47. The van der Waals surface area contributed by atoms with Gasteiger partial charge >= 0.3 is 0 Å². The second kappa shape index (κ2) is 5.35. The third-order valence-corrected chi connectivity index (χ3v) is 3.75. The lowest BCUT2D eigenvalue weighted by atomic mass is 10.1. The molecule has 1 fully saturated rings. The lowest BCUT2D eigenvalue weighted by molar-refractivity contribution is 0.0171. The summed E-state index contributed by atoms with van der Waals surface area (Å²) < 4.78 is 7.24. The summed E-state index contributed by atoms with van der Waals surface area (Å²) in [4.78, 5) is 6.81. The average Bonchev–Trinajstić information content (AvgIpc) is 2.60. The molecular formula is C11H19ClN4O. The van der Waals surface area contributed by atoms with Gasteiger partial charge in [-0.15, -0.1) is 0 Å². The van der Waals surface area contributed by atoms with Crippen LogP contribution in [0.1, 0.15) is 17.6 Å². The maximum absolute atomic E-state index is 6.29. The van der Waals surface area contributed by atoms with Crippen molar-refractivity contribution in [3.05, 3.63) is 16.7 Å². The quantitative estimate of drug-likeness (QED) is 0.868. The molecule has 0 aromatic carbocycles. The molecule has 2 heterocycles. The molecule has 1 unspecified atom stereocenters. The van der Waals surface area contributed by atoms with Crippen molar-refractivity contribution in [2.75, 3.05) is 32.8 Å². The Morgan fingerprint density at radius 2 is 2.12 bits per heavy atom. The van der Waals surface area contributed by atoms with Crippen LogP contribution in [0.15, 0.2) is 0 Å². The number of imidazole rings is 1. The second-order valence-corrected chi connectivity index (χ2v) is 4.65. The smallest absolute Gasteiger partial charge is 0.133 e. The maximum atomic E-state index is 6.29. The van der Waals surface area contributed by atoms with E-state index in [-0.39, 0.29) is 6.04 Å². The Morgan fingerprint density at radius 1 is 1.47 bits per heavy atom. The van der Waals surface area contributed by atoms with Crippen molar-refractivity contribution in [3.63, 3.8) is 0 Å². The van der Waals surface area contributed by atoms with Gasteiger partial charge in [0.2, 0.25) is 0 Å². The van der Waals surface area contributed by atoms with Crippen LogP contribution in [0.4, 0.5) is 0 Å². The molecule has 0 aliphatic carbocycles. The Kier molecular flexibility index (Phi) is 4.04. The first-order valence-corrected chi connectivity index (χ1v) is 6.23. The third-order valence-electron chi connectivity index (χ3n) is 3.30. The van der Waals surface area contributed by atoms with Crippen LogP contribution in [0, 0.1) is 6.92 Å². The molecule has 1 aliphatic rings. The normalized spacial score (nSPS) is 19.5. The van der Waals surface area contributed by atoms with Gasteiger partial charge < -0.3 is 15.0 Å². The number of aryl methyl sites for hydroxylation is 1. The second-order valence-electron chi connectivity index (χ2n) is 4.29. The van der Waals surface area contributed by atoms with Gasteiger partial charge in [-0.1, -0.05) is 11.6 Å². The lowest BCUT2D eigenvalue weighted by Gasteiger charge is -2.33. The summed E-state index contributed by atoms with van der Waals surface area (Å²) in [5.74, 6) is 0.914. The van der Waals surface area contributed by atoms with Gasteiger partial charge in [-0.2, -0.15) is 0 Å². The summed E-state index contributed by atoms with van der Waals surface area (Å²) in [5, 5.41) is 0.685. The zero-order valence-corrected chi connectivity index (χ0v) is 11.1. The summed E-state index contributed by atoms with van der Waals surface area (Å²) in [6, 6.07) is 0.0892. The number of hydrogen-bond donors (Lipinski definition) is 1. The molecule has 0 amide bonds. The van der Waals surface area contributed by atoms with Crippen LogP contribution in [0.5, 0.6) is 0 Å². The minimum Gasteiger partial charge on any atom is -0.379 e. The Balaban J connectivity index is 2.24. The molecule has 0 spiro atoms.